The first-order chi connectivity index (χ1) is 7.55. The summed E-state index contributed by atoms with van der Waals surface area (Å²) in [6, 6.07) is 1.46. The van der Waals surface area contributed by atoms with Gasteiger partial charge in [-0.15, -0.1) is 0 Å². The number of rotatable bonds is 5. The van der Waals surface area contributed by atoms with E-state index in [-0.39, 0.29) is 11.1 Å². The average Bonchev–Trinajstić information content (AvgIpc) is 2.25. The molecule has 1 heterocycles. The molecule has 0 atom stereocenters. The Balaban J connectivity index is 2.97. The predicted octanol–water partition coefficient (Wildman–Crippen LogP) is 1.01. The van der Waals surface area contributed by atoms with Gasteiger partial charge < -0.3 is 16.0 Å². The van der Waals surface area contributed by atoms with Crippen LogP contribution < -0.4 is 16.6 Å². The fourth-order valence-corrected chi connectivity index (χ4v) is 1.68. The molecule has 0 aliphatic heterocycles. The SMILES string of the molecule is CCC(CC)(CN)Nc1cc(=O)[nH]c(C)n1. The summed E-state index contributed by atoms with van der Waals surface area (Å²) in [5, 5.41) is 3.27. The lowest BCUT2D eigenvalue weighted by molar-refractivity contribution is 0.443. The second-order valence-electron chi connectivity index (χ2n) is 4.03. The third kappa shape index (κ3) is 2.82. The molecule has 0 saturated heterocycles. The van der Waals surface area contributed by atoms with Gasteiger partial charge in [0.25, 0.3) is 5.56 Å². The third-order valence-corrected chi connectivity index (χ3v) is 3.00. The fraction of sp³-hybridized carbons (Fsp3) is 0.636. The van der Waals surface area contributed by atoms with Gasteiger partial charge in [0.05, 0.1) is 5.54 Å². The summed E-state index contributed by atoms with van der Waals surface area (Å²) in [4.78, 5) is 18.1. The van der Waals surface area contributed by atoms with Gasteiger partial charge >= 0.3 is 0 Å². The Bertz CT molecular complexity index is 387. The summed E-state index contributed by atoms with van der Waals surface area (Å²) in [6.45, 7) is 6.43. The van der Waals surface area contributed by atoms with Crippen LogP contribution in [0.3, 0.4) is 0 Å². The summed E-state index contributed by atoms with van der Waals surface area (Å²) >= 11 is 0. The minimum atomic E-state index is -0.173. The number of nitrogens with zero attached hydrogens (tertiary/aromatic N) is 1. The van der Waals surface area contributed by atoms with Gasteiger partial charge in [0.2, 0.25) is 0 Å². The summed E-state index contributed by atoms with van der Waals surface area (Å²) < 4.78 is 0. The van der Waals surface area contributed by atoms with Gasteiger partial charge in [-0.25, -0.2) is 4.98 Å². The van der Waals surface area contributed by atoms with Gasteiger partial charge in [-0.05, 0) is 19.8 Å². The van der Waals surface area contributed by atoms with E-state index < -0.39 is 0 Å². The zero-order valence-corrected chi connectivity index (χ0v) is 10.1. The molecule has 0 spiro atoms. The molecule has 0 amide bonds. The number of H-pyrrole nitrogens is 1. The zero-order chi connectivity index (χ0) is 12.2. The molecule has 5 nitrogen and oxygen atoms in total. The van der Waals surface area contributed by atoms with Gasteiger partial charge in [0, 0.05) is 12.6 Å². The van der Waals surface area contributed by atoms with Crippen molar-refractivity contribution in [3.8, 4) is 0 Å². The van der Waals surface area contributed by atoms with Crippen LogP contribution in [0.25, 0.3) is 0 Å². The van der Waals surface area contributed by atoms with Crippen molar-refractivity contribution in [3.63, 3.8) is 0 Å². The Labute approximate surface area is 95.5 Å². The van der Waals surface area contributed by atoms with Crippen LogP contribution in [0.1, 0.15) is 32.5 Å². The Morgan fingerprint density at radius 3 is 2.56 bits per heavy atom. The first-order valence-electron chi connectivity index (χ1n) is 5.61. The van der Waals surface area contributed by atoms with Crippen molar-refractivity contribution in [2.75, 3.05) is 11.9 Å². The molecule has 1 aromatic heterocycles. The summed E-state index contributed by atoms with van der Waals surface area (Å²) in [5.41, 5.74) is 5.46. The summed E-state index contributed by atoms with van der Waals surface area (Å²) in [5.74, 6) is 1.20. The number of hydrogen-bond donors (Lipinski definition) is 3. The van der Waals surface area contributed by atoms with Crippen LogP contribution >= 0.6 is 0 Å². The molecule has 0 bridgehead atoms. The van der Waals surface area contributed by atoms with E-state index in [1.807, 2.05) is 0 Å². The number of aromatic nitrogens is 2. The van der Waals surface area contributed by atoms with E-state index in [2.05, 4.69) is 29.1 Å². The van der Waals surface area contributed by atoms with E-state index in [1.54, 1.807) is 6.92 Å². The van der Waals surface area contributed by atoms with Gasteiger partial charge in [0.15, 0.2) is 0 Å². The number of aromatic amines is 1. The molecule has 4 N–H and O–H groups in total. The Morgan fingerprint density at radius 1 is 1.50 bits per heavy atom. The first-order valence-corrected chi connectivity index (χ1v) is 5.61. The molecule has 5 heteroatoms. The molecule has 90 valence electrons. The highest BCUT2D eigenvalue weighted by atomic mass is 16.1. The van der Waals surface area contributed by atoms with Crippen LogP contribution in [0.4, 0.5) is 5.82 Å². The predicted molar refractivity (Wildman–Crippen MR) is 65.6 cm³/mol. The maximum atomic E-state index is 11.3. The van der Waals surface area contributed by atoms with Crippen molar-refractivity contribution in [1.29, 1.82) is 0 Å². The van der Waals surface area contributed by atoms with Crippen molar-refractivity contribution >= 4 is 5.82 Å². The molecule has 0 aliphatic carbocycles. The van der Waals surface area contributed by atoms with Crippen molar-refractivity contribution in [3.05, 3.63) is 22.2 Å². The largest absolute Gasteiger partial charge is 0.363 e. The van der Waals surface area contributed by atoms with Crippen molar-refractivity contribution < 1.29 is 0 Å². The highest BCUT2D eigenvalue weighted by Gasteiger charge is 2.24. The Morgan fingerprint density at radius 2 is 2.12 bits per heavy atom. The lowest BCUT2D eigenvalue weighted by atomic mass is 9.93. The minimum Gasteiger partial charge on any atom is -0.363 e. The fourth-order valence-electron chi connectivity index (χ4n) is 1.68. The molecule has 1 aromatic rings. The second kappa shape index (κ2) is 5.12. The van der Waals surface area contributed by atoms with Crippen LogP contribution in [0.15, 0.2) is 10.9 Å². The molecule has 0 aromatic carbocycles. The number of hydrogen-bond acceptors (Lipinski definition) is 4. The molecular weight excluding hydrogens is 204 g/mol. The monoisotopic (exact) mass is 224 g/mol. The number of nitrogens with two attached hydrogens (primary N) is 1. The van der Waals surface area contributed by atoms with Crippen LogP contribution in [0.2, 0.25) is 0 Å². The lowest BCUT2D eigenvalue weighted by Gasteiger charge is -2.31. The topological polar surface area (TPSA) is 83.8 Å². The highest BCUT2D eigenvalue weighted by Crippen LogP contribution is 2.18. The van der Waals surface area contributed by atoms with Crippen molar-refractivity contribution in [2.24, 2.45) is 5.73 Å². The molecule has 0 fully saturated rings. The van der Waals surface area contributed by atoms with E-state index in [4.69, 9.17) is 5.73 Å². The summed E-state index contributed by atoms with van der Waals surface area (Å²) in [6.07, 6.45) is 1.79. The Hall–Kier alpha value is -1.36. The lowest BCUT2D eigenvalue weighted by Crippen LogP contribution is -2.44. The maximum Gasteiger partial charge on any atom is 0.252 e. The number of nitrogens with one attached hydrogen (secondary N) is 2. The van der Waals surface area contributed by atoms with Gasteiger partial charge in [-0.1, -0.05) is 13.8 Å². The van der Waals surface area contributed by atoms with Gasteiger partial charge in [-0.2, -0.15) is 0 Å². The van der Waals surface area contributed by atoms with Crippen molar-refractivity contribution in [1.82, 2.24) is 9.97 Å². The quantitative estimate of drug-likeness (QED) is 0.697. The number of anilines is 1. The molecule has 0 saturated carbocycles. The summed E-state index contributed by atoms with van der Waals surface area (Å²) in [7, 11) is 0. The first kappa shape index (κ1) is 12.7. The second-order valence-corrected chi connectivity index (χ2v) is 4.03. The van der Waals surface area contributed by atoms with Crippen LogP contribution in [-0.2, 0) is 0 Å². The standard InChI is InChI=1S/C11H20N4O/c1-4-11(5-2,7-12)15-9-6-10(16)14-8(3)13-9/h6H,4-5,7,12H2,1-3H3,(H2,13,14,15,16). The molecule has 0 unspecified atom stereocenters. The molecule has 0 radical (unpaired) electrons. The normalized spacial score (nSPS) is 11.5. The molecule has 1 rings (SSSR count). The van der Waals surface area contributed by atoms with E-state index in [1.165, 1.54) is 6.07 Å². The van der Waals surface area contributed by atoms with Crippen molar-refractivity contribution in [2.45, 2.75) is 39.2 Å². The van der Waals surface area contributed by atoms with Gasteiger partial charge in [0.1, 0.15) is 11.6 Å². The molecule has 0 aliphatic rings. The number of aryl methyl sites for hydroxylation is 1. The van der Waals surface area contributed by atoms with Crippen LogP contribution in [0, 0.1) is 6.92 Å². The maximum absolute atomic E-state index is 11.3. The average molecular weight is 224 g/mol. The highest BCUT2D eigenvalue weighted by molar-refractivity contribution is 5.36. The van der Waals surface area contributed by atoms with E-state index in [9.17, 15) is 4.79 Å². The van der Waals surface area contributed by atoms with Gasteiger partial charge in [-0.3, -0.25) is 4.79 Å². The van der Waals surface area contributed by atoms with E-state index >= 15 is 0 Å². The minimum absolute atomic E-state index is 0.145. The third-order valence-electron chi connectivity index (χ3n) is 3.00. The van der Waals surface area contributed by atoms with Crippen LogP contribution in [0.5, 0.6) is 0 Å². The zero-order valence-electron chi connectivity index (χ0n) is 10.1. The molecule has 16 heavy (non-hydrogen) atoms. The smallest absolute Gasteiger partial charge is 0.252 e. The van der Waals surface area contributed by atoms with E-state index in [0.717, 1.165) is 12.8 Å². The van der Waals surface area contributed by atoms with E-state index in [0.29, 0.717) is 18.2 Å². The van der Waals surface area contributed by atoms with Crippen LogP contribution in [-0.4, -0.2) is 22.1 Å². The Kier molecular flexibility index (Phi) is 4.06. The molecular formula is C11H20N4O.